The highest BCUT2D eigenvalue weighted by Gasteiger charge is 2.04. The summed E-state index contributed by atoms with van der Waals surface area (Å²) in [5.74, 6) is 1.81. The molecule has 0 aliphatic carbocycles. The fraction of sp³-hybridized carbons (Fsp3) is 0.400. The molecule has 1 aliphatic rings. The average Bonchev–Trinajstić information content (AvgIpc) is 2.14. The lowest BCUT2D eigenvalue weighted by Gasteiger charge is -1.76. The summed E-state index contributed by atoms with van der Waals surface area (Å²) in [7, 11) is 0. The van der Waals surface area contributed by atoms with Gasteiger partial charge in [0.15, 0.2) is 0 Å². The summed E-state index contributed by atoms with van der Waals surface area (Å²) in [5.41, 5.74) is 0.750. The SMILES string of the molecule is O=C=C1[CH]NCC1. The minimum absolute atomic E-state index is 0.750. The lowest BCUT2D eigenvalue weighted by Crippen LogP contribution is -1.98. The van der Waals surface area contributed by atoms with Gasteiger partial charge in [0.05, 0.1) is 6.54 Å². The first-order chi connectivity index (χ1) is 3.43. The van der Waals surface area contributed by atoms with E-state index in [1.165, 1.54) is 0 Å². The molecular weight excluding hydrogens is 90.1 g/mol. The van der Waals surface area contributed by atoms with Crippen LogP contribution in [0, 0.1) is 6.54 Å². The zero-order valence-corrected chi connectivity index (χ0v) is 3.90. The van der Waals surface area contributed by atoms with Gasteiger partial charge >= 0.3 is 0 Å². The molecule has 1 heterocycles. The Hall–Kier alpha value is -0.590. The number of nitrogens with one attached hydrogen (secondary N) is 1. The highest BCUT2D eigenvalue weighted by molar-refractivity contribution is 5.56. The predicted octanol–water partition coefficient (Wildman–Crippen LogP) is -0.101. The summed E-state index contributed by atoms with van der Waals surface area (Å²) in [6.45, 7) is 2.59. The van der Waals surface area contributed by atoms with E-state index in [9.17, 15) is 4.79 Å². The van der Waals surface area contributed by atoms with Gasteiger partial charge in [-0.15, -0.1) is 0 Å². The molecule has 0 aromatic heterocycles. The third-order valence-electron chi connectivity index (χ3n) is 0.946. The third kappa shape index (κ3) is 0.889. The van der Waals surface area contributed by atoms with E-state index < -0.39 is 0 Å². The summed E-state index contributed by atoms with van der Waals surface area (Å²) in [5, 5.41) is 2.90. The molecular formula is C5H6NO. The standard InChI is InChI=1S/C5H6NO/c7-4-5-1-2-6-3-5/h3,6H,1-2H2. The van der Waals surface area contributed by atoms with Gasteiger partial charge in [-0.2, -0.15) is 0 Å². The number of hydrogen-bond donors (Lipinski definition) is 1. The zero-order chi connectivity index (χ0) is 5.11. The van der Waals surface area contributed by atoms with Crippen molar-refractivity contribution < 1.29 is 4.79 Å². The molecule has 7 heavy (non-hydrogen) atoms. The highest BCUT2D eigenvalue weighted by Crippen LogP contribution is 2.03. The summed E-state index contributed by atoms with van der Waals surface area (Å²) < 4.78 is 0. The van der Waals surface area contributed by atoms with Crippen molar-refractivity contribution in [1.29, 1.82) is 0 Å². The second-order valence-electron chi connectivity index (χ2n) is 1.48. The minimum Gasteiger partial charge on any atom is -0.308 e. The van der Waals surface area contributed by atoms with Gasteiger partial charge in [0.25, 0.3) is 0 Å². The molecule has 0 aromatic carbocycles. The minimum atomic E-state index is 0.750. The van der Waals surface area contributed by atoms with E-state index in [0.717, 1.165) is 18.5 Å². The molecule has 1 saturated heterocycles. The summed E-state index contributed by atoms with van der Waals surface area (Å²) in [4.78, 5) is 9.77. The van der Waals surface area contributed by atoms with Gasteiger partial charge in [-0.1, -0.05) is 0 Å². The van der Waals surface area contributed by atoms with Crippen molar-refractivity contribution in [1.82, 2.24) is 5.32 Å². The maximum Gasteiger partial charge on any atom is 0.125 e. The highest BCUT2D eigenvalue weighted by atomic mass is 16.1. The van der Waals surface area contributed by atoms with Crippen molar-refractivity contribution in [3.05, 3.63) is 12.1 Å². The molecule has 37 valence electrons. The Bertz CT molecular complexity index is 105. The van der Waals surface area contributed by atoms with E-state index in [0.29, 0.717) is 0 Å². The van der Waals surface area contributed by atoms with Gasteiger partial charge in [-0.25, -0.2) is 4.79 Å². The van der Waals surface area contributed by atoms with Crippen LogP contribution in [-0.2, 0) is 4.79 Å². The smallest absolute Gasteiger partial charge is 0.125 e. The molecule has 0 atom stereocenters. The van der Waals surface area contributed by atoms with Crippen molar-refractivity contribution >= 4 is 5.94 Å². The molecule has 2 nitrogen and oxygen atoms in total. The Labute approximate surface area is 42.2 Å². The molecule has 0 unspecified atom stereocenters. The molecule has 0 aromatic rings. The maximum atomic E-state index is 9.77. The fourth-order valence-electron chi connectivity index (χ4n) is 0.555. The molecule has 1 aliphatic heterocycles. The summed E-state index contributed by atoms with van der Waals surface area (Å²) in [6, 6.07) is 0. The number of carbonyl (C=O) groups excluding carboxylic acids is 1. The molecule has 0 saturated carbocycles. The largest absolute Gasteiger partial charge is 0.308 e. The molecule has 1 fully saturated rings. The van der Waals surface area contributed by atoms with E-state index >= 15 is 0 Å². The van der Waals surface area contributed by atoms with Crippen molar-refractivity contribution in [2.75, 3.05) is 6.54 Å². The van der Waals surface area contributed by atoms with Crippen LogP contribution in [-0.4, -0.2) is 12.5 Å². The quantitative estimate of drug-likeness (QED) is 0.427. The van der Waals surface area contributed by atoms with Crippen LogP contribution in [0.3, 0.4) is 0 Å². The Morgan fingerprint density at radius 2 is 2.71 bits per heavy atom. The van der Waals surface area contributed by atoms with Gasteiger partial charge < -0.3 is 5.32 Å². The molecule has 0 spiro atoms. The van der Waals surface area contributed by atoms with Crippen molar-refractivity contribution in [2.24, 2.45) is 0 Å². The van der Waals surface area contributed by atoms with Crippen LogP contribution < -0.4 is 5.32 Å². The van der Waals surface area contributed by atoms with E-state index in [1.54, 1.807) is 6.54 Å². The molecule has 1 rings (SSSR count). The first kappa shape index (κ1) is 4.57. The Morgan fingerprint density at radius 1 is 1.86 bits per heavy atom. The van der Waals surface area contributed by atoms with Gasteiger partial charge in [-0.05, 0) is 6.42 Å². The fourth-order valence-corrected chi connectivity index (χ4v) is 0.555. The third-order valence-corrected chi connectivity index (χ3v) is 0.946. The van der Waals surface area contributed by atoms with Gasteiger partial charge in [0, 0.05) is 12.1 Å². The van der Waals surface area contributed by atoms with Gasteiger partial charge in [-0.3, -0.25) is 0 Å². The topological polar surface area (TPSA) is 29.1 Å². The van der Waals surface area contributed by atoms with Crippen LogP contribution >= 0.6 is 0 Å². The van der Waals surface area contributed by atoms with E-state index in [-0.39, 0.29) is 0 Å². The first-order valence-electron chi connectivity index (χ1n) is 2.24. The Balaban J connectivity index is 2.57. The van der Waals surface area contributed by atoms with Crippen LogP contribution in [0.4, 0.5) is 0 Å². The van der Waals surface area contributed by atoms with Gasteiger partial charge in [0.1, 0.15) is 5.94 Å². The summed E-state index contributed by atoms with van der Waals surface area (Å²) >= 11 is 0. The second-order valence-corrected chi connectivity index (χ2v) is 1.48. The van der Waals surface area contributed by atoms with E-state index in [1.807, 2.05) is 5.94 Å². The number of hydrogen-bond acceptors (Lipinski definition) is 2. The van der Waals surface area contributed by atoms with E-state index in [2.05, 4.69) is 5.32 Å². The zero-order valence-electron chi connectivity index (χ0n) is 3.90. The molecule has 0 bridgehead atoms. The average molecular weight is 96.1 g/mol. The Kier molecular flexibility index (Phi) is 1.25. The van der Waals surface area contributed by atoms with Crippen molar-refractivity contribution in [3.8, 4) is 0 Å². The van der Waals surface area contributed by atoms with Gasteiger partial charge in [0.2, 0.25) is 0 Å². The lowest BCUT2D eigenvalue weighted by molar-refractivity contribution is 0.567. The lowest BCUT2D eigenvalue weighted by atomic mass is 10.3. The van der Waals surface area contributed by atoms with Crippen LogP contribution in [0.15, 0.2) is 5.57 Å². The van der Waals surface area contributed by atoms with Crippen molar-refractivity contribution in [2.45, 2.75) is 6.42 Å². The first-order valence-corrected chi connectivity index (χ1v) is 2.24. The van der Waals surface area contributed by atoms with Crippen LogP contribution in [0.2, 0.25) is 0 Å². The maximum absolute atomic E-state index is 9.77. The van der Waals surface area contributed by atoms with Crippen LogP contribution in [0.25, 0.3) is 0 Å². The normalized spacial score (nSPS) is 19.7. The van der Waals surface area contributed by atoms with Crippen LogP contribution in [0.1, 0.15) is 6.42 Å². The number of rotatable bonds is 0. The van der Waals surface area contributed by atoms with E-state index in [4.69, 9.17) is 0 Å². The molecule has 0 amide bonds. The summed E-state index contributed by atoms with van der Waals surface area (Å²) in [6.07, 6.45) is 0.837. The van der Waals surface area contributed by atoms with Crippen molar-refractivity contribution in [3.63, 3.8) is 0 Å². The van der Waals surface area contributed by atoms with Crippen LogP contribution in [0.5, 0.6) is 0 Å². The second kappa shape index (κ2) is 1.92. The predicted molar refractivity (Wildman–Crippen MR) is 26.1 cm³/mol. The Morgan fingerprint density at radius 3 is 3.00 bits per heavy atom. The monoisotopic (exact) mass is 96.0 g/mol. The molecule has 1 N–H and O–H groups in total. The molecule has 1 radical (unpaired) electrons. The molecule has 2 heteroatoms.